The molecule has 1 saturated heterocycles. The number of carbonyl (C=O) groups is 1. The molecule has 1 aromatic carbocycles. The van der Waals surface area contributed by atoms with Gasteiger partial charge >= 0.3 is 0 Å². The third-order valence-electron chi connectivity index (χ3n) is 5.32. The van der Waals surface area contributed by atoms with E-state index in [1.54, 1.807) is 0 Å². The van der Waals surface area contributed by atoms with Crippen LogP contribution in [0.1, 0.15) is 54.3 Å². The lowest BCUT2D eigenvalue weighted by molar-refractivity contribution is -0.128. The topological polar surface area (TPSA) is 58.4 Å². The molecule has 2 aromatic rings. The largest absolute Gasteiger partial charge is 0.361 e. The molecule has 1 fully saturated rings. The van der Waals surface area contributed by atoms with E-state index in [2.05, 4.69) is 22.6 Å². The fraction of sp³-hybridized carbons (Fsp3) is 0.500. The summed E-state index contributed by atoms with van der Waals surface area (Å²) in [4.78, 5) is 14.0. The number of nitrogens with zero attached hydrogens (tertiary/aromatic N) is 2. The van der Waals surface area contributed by atoms with E-state index in [-0.39, 0.29) is 11.9 Å². The van der Waals surface area contributed by atoms with Gasteiger partial charge in [0.15, 0.2) is 0 Å². The predicted molar refractivity (Wildman–Crippen MR) is 95.0 cm³/mol. The van der Waals surface area contributed by atoms with E-state index in [0.29, 0.717) is 19.5 Å². The molecular formula is C20H25N3O2. The first-order chi connectivity index (χ1) is 12.3. The van der Waals surface area contributed by atoms with Gasteiger partial charge in [0.25, 0.3) is 0 Å². The van der Waals surface area contributed by atoms with Crippen LogP contribution < -0.4 is 5.32 Å². The maximum atomic E-state index is 12.0. The summed E-state index contributed by atoms with van der Waals surface area (Å²) in [7, 11) is 0. The first-order valence-electron chi connectivity index (χ1n) is 9.33. The fourth-order valence-corrected chi connectivity index (χ4v) is 3.90. The number of rotatable bonds is 6. The highest BCUT2D eigenvalue weighted by Gasteiger charge is 2.25. The van der Waals surface area contributed by atoms with Crippen molar-refractivity contribution in [3.63, 3.8) is 0 Å². The third-order valence-corrected chi connectivity index (χ3v) is 5.32. The maximum absolute atomic E-state index is 12.0. The van der Waals surface area contributed by atoms with Crippen LogP contribution in [0, 0.1) is 0 Å². The molecule has 2 aliphatic rings. The Morgan fingerprint density at radius 3 is 2.76 bits per heavy atom. The summed E-state index contributed by atoms with van der Waals surface area (Å²) in [6, 6.07) is 10.5. The Kier molecular flexibility index (Phi) is 4.83. The average molecular weight is 339 g/mol. The summed E-state index contributed by atoms with van der Waals surface area (Å²) in [5.41, 5.74) is 3.53. The normalized spacial score (nSPS) is 18.4. The van der Waals surface area contributed by atoms with Crippen molar-refractivity contribution in [1.29, 1.82) is 0 Å². The molecule has 1 aliphatic carbocycles. The Balaban J connectivity index is 1.48. The number of aromatic nitrogens is 1. The Bertz CT molecular complexity index is 726. The summed E-state index contributed by atoms with van der Waals surface area (Å²) >= 11 is 0. The van der Waals surface area contributed by atoms with E-state index < -0.39 is 0 Å². The zero-order valence-electron chi connectivity index (χ0n) is 14.5. The van der Waals surface area contributed by atoms with Crippen molar-refractivity contribution >= 4 is 5.91 Å². The molecule has 0 unspecified atom stereocenters. The monoisotopic (exact) mass is 339 g/mol. The van der Waals surface area contributed by atoms with Crippen molar-refractivity contribution in [1.82, 2.24) is 15.4 Å². The van der Waals surface area contributed by atoms with Crippen LogP contribution in [0.2, 0.25) is 0 Å². The van der Waals surface area contributed by atoms with E-state index in [1.807, 2.05) is 23.1 Å². The van der Waals surface area contributed by atoms with Crippen LogP contribution in [0.25, 0.3) is 0 Å². The SMILES string of the molecule is O=C1CCCN1C[C@@H](NCc1noc2c1CCCC2)c1ccccc1. The van der Waals surface area contributed by atoms with Crippen LogP contribution in [0.15, 0.2) is 34.9 Å². The van der Waals surface area contributed by atoms with Gasteiger partial charge in [-0.3, -0.25) is 4.79 Å². The van der Waals surface area contributed by atoms with Crippen molar-refractivity contribution in [3.8, 4) is 0 Å². The second kappa shape index (κ2) is 7.40. The third kappa shape index (κ3) is 3.61. The van der Waals surface area contributed by atoms with Crippen LogP contribution in [0.4, 0.5) is 0 Å². The number of amides is 1. The van der Waals surface area contributed by atoms with Gasteiger partial charge in [-0.25, -0.2) is 0 Å². The van der Waals surface area contributed by atoms with Gasteiger partial charge in [-0.05, 0) is 31.2 Å². The van der Waals surface area contributed by atoms with Gasteiger partial charge in [0.05, 0.1) is 6.04 Å². The van der Waals surface area contributed by atoms with Crippen LogP contribution in [-0.4, -0.2) is 29.1 Å². The van der Waals surface area contributed by atoms with Gasteiger partial charge < -0.3 is 14.7 Å². The van der Waals surface area contributed by atoms with Gasteiger partial charge in [-0.1, -0.05) is 35.5 Å². The van der Waals surface area contributed by atoms with Crippen molar-refractivity contribution < 1.29 is 9.32 Å². The molecule has 25 heavy (non-hydrogen) atoms. The molecule has 1 N–H and O–H groups in total. The van der Waals surface area contributed by atoms with Crippen LogP contribution in [0.5, 0.6) is 0 Å². The van der Waals surface area contributed by atoms with Gasteiger partial charge in [0, 0.05) is 38.0 Å². The van der Waals surface area contributed by atoms with Crippen LogP contribution in [-0.2, 0) is 24.2 Å². The van der Waals surface area contributed by atoms with E-state index >= 15 is 0 Å². The number of hydrogen-bond acceptors (Lipinski definition) is 4. The molecule has 132 valence electrons. The molecule has 0 spiro atoms. The predicted octanol–water partition coefficient (Wildman–Crippen LogP) is 3.01. The molecule has 5 heteroatoms. The summed E-state index contributed by atoms with van der Waals surface area (Å²) in [5, 5.41) is 7.91. The minimum absolute atomic E-state index is 0.110. The molecule has 4 rings (SSSR count). The Morgan fingerprint density at radius 1 is 1.12 bits per heavy atom. The van der Waals surface area contributed by atoms with Crippen molar-refractivity contribution in [2.75, 3.05) is 13.1 Å². The molecule has 1 atom stereocenters. The molecule has 1 aliphatic heterocycles. The molecule has 1 amide bonds. The minimum Gasteiger partial charge on any atom is -0.361 e. The molecule has 2 heterocycles. The Labute approximate surface area is 148 Å². The summed E-state index contributed by atoms with van der Waals surface area (Å²) < 4.78 is 5.52. The lowest BCUT2D eigenvalue weighted by Gasteiger charge is -2.25. The summed E-state index contributed by atoms with van der Waals surface area (Å²) in [5.74, 6) is 1.33. The molecular weight excluding hydrogens is 314 g/mol. The number of benzene rings is 1. The fourth-order valence-electron chi connectivity index (χ4n) is 3.90. The average Bonchev–Trinajstić information content (AvgIpc) is 3.25. The number of nitrogens with one attached hydrogen (secondary N) is 1. The van der Waals surface area contributed by atoms with Crippen molar-refractivity contribution in [3.05, 3.63) is 52.9 Å². The lowest BCUT2D eigenvalue weighted by Crippen LogP contribution is -2.36. The van der Waals surface area contributed by atoms with Gasteiger partial charge in [-0.15, -0.1) is 0 Å². The number of hydrogen-bond donors (Lipinski definition) is 1. The van der Waals surface area contributed by atoms with Crippen molar-refractivity contribution in [2.45, 2.75) is 51.1 Å². The highest BCUT2D eigenvalue weighted by atomic mass is 16.5. The Hall–Kier alpha value is -2.14. The van der Waals surface area contributed by atoms with E-state index in [4.69, 9.17) is 4.52 Å². The summed E-state index contributed by atoms with van der Waals surface area (Å²) in [6.45, 7) is 2.26. The smallest absolute Gasteiger partial charge is 0.222 e. The van der Waals surface area contributed by atoms with Gasteiger partial charge in [0.2, 0.25) is 5.91 Å². The van der Waals surface area contributed by atoms with Crippen LogP contribution >= 0.6 is 0 Å². The van der Waals surface area contributed by atoms with Gasteiger partial charge in [0.1, 0.15) is 11.5 Å². The first kappa shape index (κ1) is 16.3. The Morgan fingerprint density at radius 2 is 1.96 bits per heavy atom. The lowest BCUT2D eigenvalue weighted by atomic mass is 9.96. The standard InChI is InChI=1S/C20H25N3O2/c24-20-11-6-12-23(20)14-18(15-7-2-1-3-8-15)21-13-17-16-9-4-5-10-19(16)25-22-17/h1-3,7-8,18,21H,4-6,9-14H2/t18-/m1/s1. The van der Waals surface area contributed by atoms with E-state index in [1.165, 1.54) is 24.0 Å². The zero-order valence-corrected chi connectivity index (χ0v) is 14.5. The number of likely N-dealkylation sites (tertiary alicyclic amines) is 1. The first-order valence-corrected chi connectivity index (χ1v) is 9.33. The molecule has 0 bridgehead atoms. The zero-order chi connectivity index (χ0) is 17.1. The number of aryl methyl sites for hydroxylation is 1. The van der Waals surface area contributed by atoms with E-state index in [9.17, 15) is 4.79 Å². The highest BCUT2D eigenvalue weighted by molar-refractivity contribution is 5.78. The second-order valence-electron chi connectivity index (χ2n) is 7.03. The number of carbonyl (C=O) groups excluding carboxylic acids is 1. The van der Waals surface area contributed by atoms with Crippen molar-refractivity contribution in [2.24, 2.45) is 0 Å². The minimum atomic E-state index is 0.110. The molecule has 1 aromatic heterocycles. The van der Waals surface area contributed by atoms with Gasteiger partial charge in [-0.2, -0.15) is 0 Å². The van der Waals surface area contributed by atoms with E-state index in [0.717, 1.165) is 37.3 Å². The highest BCUT2D eigenvalue weighted by Crippen LogP contribution is 2.25. The second-order valence-corrected chi connectivity index (χ2v) is 7.03. The number of fused-ring (bicyclic) bond motifs is 1. The molecule has 5 nitrogen and oxygen atoms in total. The molecule has 0 saturated carbocycles. The maximum Gasteiger partial charge on any atom is 0.222 e. The summed E-state index contributed by atoms with van der Waals surface area (Å²) in [6.07, 6.45) is 6.13. The molecule has 0 radical (unpaired) electrons. The quantitative estimate of drug-likeness (QED) is 0.879. The van der Waals surface area contributed by atoms with Crippen LogP contribution in [0.3, 0.4) is 0 Å².